The van der Waals surface area contributed by atoms with Crippen molar-refractivity contribution >= 4 is 29.4 Å². The van der Waals surface area contributed by atoms with Gasteiger partial charge in [0.15, 0.2) is 6.61 Å². The molecule has 2 heterocycles. The first kappa shape index (κ1) is 21.7. The molecule has 2 aliphatic heterocycles. The molecule has 0 aliphatic carbocycles. The fraction of sp³-hybridized carbons (Fsp3) is 0.333. The number of benzene rings is 2. The van der Waals surface area contributed by atoms with Crippen molar-refractivity contribution in [3.63, 3.8) is 0 Å². The largest absolute Gasteiger partial charge is 0.452 e. The molecule has 8 heteroatoms. The van der Waals surface area contributed by atoms with Crippen molar-refractivity contribution in [1.29, 1.82) is 0 Å². The number of amides is 3. The van der Waals surface area contributed by atoms with Crippen LogP contribution in [0.1, 0.15) is 50.0 Å². The fourth-order valence-electron chi connectivity index (χ4n) is 4.21. The number of nitrogens with zero attached hydrogens (tertiary/aromatic N) is 2. The molecular formula is C24H24N2O6. The molecule has 0 saturated heterocycles. The smallest absolute Gasteiger partial charge is 0.338 e. The molecule has 0 radical (unpaired) electrons. The average molecular weight is 436 g/mol. The first-order valence-electron chi connectivity index (χ1n) is 10.5. The van der Waals surface area contributed by atoms with Crippen molar-refractivity contribution in [2.24, 2.45) is 0 Å². The van der Waals surface area contributed by atoms with Crippen molar-refractivity contribution in [2.45, 2.75) is 25.8 Å². The summed E-state index contributed by atoms with van der Waals surface area (Å²) in [6.45, 7) is 2.20. The van der Waals surface area contributed by atoms with Crippen LogP contribution in [0.25, 0.3) is 0 Å². The lowest BCUT2D eigenvalue weighted by molar-refractivity contribution is -0.122. The van der Waals surface area contributed by atoms with E-state index in [2.05, 4.69) is 0 Å². The van der Waals surface area contributed by atoms with Gasteiger partial charge in [-0.3, -0.25) is 19.3 Å². The summed E-state index contributed by atoms with van der Waals surface area (Å²) in [6.07, 6.45) is 1.27. The zero-order valence-electron chi connectivity index (χ0n) is 18.0. The Balaban J connectivity index is 1.42. The highest BCUT2D eigenvalue weighted by molar-refractivity contribution is 6.22. The summed E-state index contributed by atoms with van der Waals surface area (Å²) in [7, 11) is 1.55. The van der Waals surface area contributed by atoms with E-state index in [9.17, 15) is 19.2 Å². The van der Waals surface area contributed by atoms with Crippen LogP contribution >= 0.6 is 0 Å². The minimum atomic E-state index is -0.723. The Morgan fingerprint density at radius 2 is 1.81 bits per heavy atom. The van der Waals surface area contributed by atoms with Gasteiger partial charge in [-0.2, -0.15) is 0 Å². The molecule has 166 valence electrons. The van der Waals surface area contributed by atoms with E-state index in [0.717, 1.165) is 22.6 Å². The predicted molar refractivity (Wildman–Crippen MR) is 116 cm³/mol. The Morgan fingerprint density at radius 1 is 1.06 bits per heavy atom. The molecule has 0 bridgehead atoms. The van der Waals surface area contributed by atoms with Gasteiger partial charge in [-0.25, -0.2) is 4.79 Å². The molecule has 4 rings (SSSR count). The molecule has 0 fully saturated rings. The third-order valence-corrected chi connectivity index (χ3v) is 5.74. The van der Waals surface area contributed by atoms with Gasteiger partial charge >= 0.3 is 5.97 Å². The molecule has 0 saturated carbocycles. The molecule has 8 nitrogen and oxygen atoms in total. The minimum Gasteiger partial charge on any atom is -0.452 e. The van der Waals surface area contributed by atoms with Crippen LogP contribution in [0.5, 0.6) is 0 Å². The zero-order chi connectivity index (χ0) is 22.8. The van der Waals surface area contributed by atoms with Gasteiger partial charge in [0.25, 0.3) is 17.7 Å². The summed E-state index contributed by atoms with van der Waals surface area (Å²) >= 11 is 0. The molecule has 2 aromatic carbocycles. The molecule has 3 amide bonds. The number of para-hydroxylation sites is 1. The van der Waals surface area contributed by atoms with Gasteiger partial charge in [-0.05, 0) is 49.6 Å². The molecule has 0 spiro atoms. The van der Waals surface area contributed by atoms with Gasteiger partial charge in [0.05, 0.1) is 16.7 Å². The van der Waals surface area contributed by atoms with Crippen molar-refractivity contribution in [3.8, 4) is 0 Å². The number of carbonyl (C=O) groups is 4. The number of rotatable bonds is 7. The number of hydrogen-bond acceptors (Lipinski definition) is 6. The highest BCUT2D eigenvalue weighted by Gasteiger charge is 2.36. The summed E-state index contributed by atoms with van der Waals surface area (Å²) in [5.41, 5.74) is 2.44. The number of methoxy groups -OCH3 is 1. The zero-order valence-corrected chi connectivity index (χ0v) is 18.0. The summed E-state index contributed by atoms with van der Waals surface area (Å²) in [5.74, 6) is -1.88. The van der Waals surface area contributed by atoms with E-state index in [1.165, 1.54) is 18.2 Å². The van der Waals surface area contributed by atoms with E-state index in [4.69, 9.17) is 9.47 Å². The van der Waals surface area contributed by atoms with E-state index in [0.29, 0.717) is 13.0 Å². The van der Waals surface area contributed by atoms with Crippen LogP contribution in [0.2, 0.25) is 0 Å². The first-order chi connectivity index (χ1) is 15.4. The molecule has 0 N–H and O–H groups in total. The van der Waals surface area contributed by atoms with E-state index in [-0.39, 0.29) is 35.2 Å². The summed E-state index contributed by atoms with van der Waals surface area (Å²) in [5, 5.41) is 0. The van der Waals surface area contributed by atoms with Crippen LogP contribution in [-0.4, -0.2) is 61.5 Å². The van der Waals surface area contributed by atoms with Gasteiger partial charge < -0.3 is 14.4 Å². The monoisotopic (exact) mass is 436 g/mol. The number of ether oxygens (including phenoxy) is 2. The van der Waals surface area contributed by atoms with Gasteiger partial charge in [0, 0.05) is 32.0 Å². The lowest BCUT2D eigenvalue weighted by Crippen LogP contribution is -2.38. The third kappa shape index (κ3) is 3.89. The highest BCUT2D eigenvalue weighted by atomic mass is 16.5. The van der Waals surface area contributed by atoms with Crippen molar-refractivity contribution in [2.75, 3.05) is 31.8 Å². The Bertz CT molecular complexity index is 1100. The number of anilines is 1. The summed E-state index contributed by atoms with van der Waals surface area (Å²) < 4.78 is 10.2. The van der Waals surface area contributed by atoms with Crippen molar-refractivity contribution < 1.29 is 28.7 Å². The summed E-state index contributed by atoms with van der Waals surface area (Å²) in [4.78, 5) is 53.2. The lowest BCUT2D eigenvalue weighted by atomic mass is 10.1. The van der Waals surface area contributed by atoms with Gasteiger partial charge in [-0.15, -0.1) is 0 Å². The van der Waals surface area contributed by atoms with Gasteiger partial charge in [0.2, 0.25) is 0 Å². The number of hydrogen-bond donors (Lipinski definition) is 0. The van der Waals surface area contributed by atoms with Crippen LogP contribution < -0.4 is 4.90 Å². The molecule has 32 heavy (non-hydrogen) atoms. The van der Waals surface area contributed by atoms with Crippen LogP contribution in [0.4, 0.5) is 5.69 Å². The van der Waals surface area contributed by atoms with E-state index < -0.39 is 24.4 Å². The van der Waals surface area contributed by atoms with Crippen molar-refractivity contribution in [1.82, 2.24) is 4.90 Å². The maximum Gasteiger partial charge on any atom is 0.338 e. The maximum atomic E-state index is 12.7. The number of imide groups is 1. The van der Waals surface area contributed by atoms with Crippen LogP contribution in [0.3, 0.4) is 0 Å². The second-order valence-corrected chi connectivity index (χ2v) is 7.89. The normalized spacial score (nSPS) is 16.9. The van der Waals surface area contributed by atoms with Crippen LogP contribution in [-0.2, 0) is 20.7 Å². The van der Waals surface area contributed by atoms with Gasteiger partial charge in [-0.1, -0.05) is 18.2 Å². The van der Waals surface area contributed by atoms with Crippen LogP contribution in [0, 0.1) is 0 Å². The maximum absolute atomic E-state index is 12.7. The first-order valence-corrected chi connectivity index (χ1v) is 10.5. The Hall–Kier alpha value is -3.52. The quantitative estimate of drug-likeness (QED) is 0.376. The Morgan fingerprint density at radius 3 is 2.59 bits per heavy atom. The van der Waals surface area contributed by atoms with Crippen LogP contribution in [0.15, 0.2) is 42.5 Å². The topological polar surface area (TPSA) is 93.2 Å². The highest BCUT2D eigenvalue weighted by Crippen LogP contribution is 2.32. The second-order valence-electron chi connectivity index (χ2n) is 7.89. The predicted octanol–water partition coefficient (Wildman–Crippen LogP) is 2.45. The second kappa shape index (κ2) is 8.92. The standard InChI is InChI=1S/C24H24N2O6/c1-15-12-16-6-3-4-7-20(16)26(15)21(27)14-32-24(30)17-8-9-18-19(13-17)23(29)25(22(18)28)10-5-11-31-2/h3-4,6-9,13,15H,5,10-12,14H2,1-2H3/t15-/m0/s1. The fourth-order valence-corrected chi connectivity index (χ4v) is 4.21. The lowest BCUT2D eigenvalue weighted by Gasteiger charge is -2.22. The number of esters is 1. The molecule has 1 atom stereocenters. The molecule has 0 unspecified atom stereocenters. The van der Waals surface area contributed by atoms with E-state index >= 15 is 0 Å². The molecular weight excluding hydrogens is 412 g/mol. The number of carbonyl (C=O) groups excluding carboxylic acids is 4. The van der Waals surface area contributed by atoms with Gasteiger partial charge in [0.1, 0.15) is 0 Å². The molecule has 2 aliphatic rings. The SMILES string of the molecule is COCCCN1C(=O)c2ccc(C(=O)OCC(=O)N3c4ccccc4C[C@@H]3C)cc2C1=O. The number of fused-ring (bicyclic) bond motifs is 2. The Labute approximate surface area is 185 Å². The summed E-state index contributed by atoms with van der Waals surface area (Å²) in [6, 6.07) is 11.9. The molecule has 0 aromatic heterocycles. The van der Waals surface area contributed by atoms with Crippen molar-refractivity contribution in [3.05, 3.63) is 64.7 Å². The van der Waals surface area contributed by atoms with E-state index in [1.54, 1.807) is 12.0 Å². The third-order valence-electron chi connectivity index (χ3n) is 5.74. The Kier molecular flexibility index (Phi) is 6.05. The van der Waals surface area contributed by atoms with E-state index in [1.807, 2.05) is 31.2 Å². The molecule has 2 aromatic rings. The average Bonchev–Trinajstić information content (AvgIpc) is 3.25. The minimum absolute atomic E-state index is 0.0219.